The van der Waals surface area contributed by atoms with Crippen molar-refractivity contribution in [3.8, 4) is 23.1 Å². The van der Waals surface area contributed by atoms with Gasteiger partial charge in [-0.25, -0.2) is 0 Å². The minimum atomic E-state index is -0.804. The van der Waals surface area contributed by atoms with Crippen LogP contribution in [0.15, 0.2) is 40.9 Å². The number of amides is 1. The minimum absolute atomic E-state index is 0.0102. The van der Waals surface area contributed by atoms with Crippen LogP contribution in [0.25, 0.3) is 11.6 Å². The highest BCUT2D eigenvalue weighted by atomic mass is 16.6. The Hall–Kier alpha value is -3.36. The van der Waals surface area contributed by atoms with Crippen molar-refractivity contribution < 1.29 is 18.7 Å². The van der Waals surface area contributed by atoms with E-state index in [2.05, 4.69) is 20.6 Å². The summed E-state index contributed by atoms with van der Waals surface area (Å²) in [6, 6.07) is 9.07. The molecule has 1 aliphatic heterocycles. The highest BCUT2D eigenvalue weighted by Gasteiger charge is 2.28. The number of hydrogen-bond donors (Lipinski definition) is 1. The maximum atomic E-state index is 12.4. The fourth-order valence-corrected chi connectivity index (χ4v) is 2.61. The Morgan fingerprint density at radius 1 is 1.23 bits per heavy atom. The highest BCUT2D eigenvalue weighted by molar-refractivity contribution is 5.93. The predicted molar refractivity (Wildman–Crippen MR) is 90.9 cm³/mol. The van der Waals surface area contributed by atoms with Crippen molar-refractivity contribution in [1.29, 1.82) is 0 Å². The van der Waals surface area contributed by atoms with E-state index in [0.717, 1.165) is 0 Å². The molecule has 0 unspecified atom stereocenters. The van der Waals surface area contributed by atoms with Gasteiger partial charge in [-0.2, -0.15) is 5.10 Å². The molecule has 1 atom stereocenters. The monoisotopic (exact) mass is 355 g/mol. The molecule has 26 heavy (non-hydrogen) atoms. The van der Waals surface area contributed by atoms with Crippen LogP contribution in [0.1, 0.15) is 19.9 Å². The largest absolute Gasteiger partial charge is 0.485 e. The quantitative estimate of drug-likeness (QED) is 0.765. The van der Waals surface area contributed by atoms with E-state index in [1.165, 1.54) is 0 Å². The summed E-state index contributed by atoms with van der Waals surface area (Å²) in [6.07, 6.45) is 0.851. The van der Waals surface area contributed by atoms with Crippen molar-refractivity contribution >= 4 is 11.9 Å². The van der Waals surface area contributed by atoms with Crippen LogP contribution < -0.4 is 14.8 Å². The topological polar surface area (TPSA) is 104 Å². The van der Waals surface area contributed by atoms with Crippen LogP contribution in [0.3, 0.4) is 0 Å². The number of nitrogens with one attached hydrogen (secondary N) is 1. The average Bonchev–Trinajstić information content (AvgIpc) is 3.30. The van der Waals surface area contributed by atoms with Crippen molar-refractivity contribution in [1.82, 2.24) is 20.0 Å². The van der Waals surface area contributed by atoms with Crippen molar-refractivity contribution in [2.75, 3.05) is 11.9 Å². The molecule has 0 aliphatic carbocycles. The normalized spacial score (nSPS) is 15.9. The maximum absolute atomic E-state index is 12.4. The van der Waals surface area contributed by atoms with Crippen LogP contribution in [0.2, 0.25) is 0 Å². The van der Waals surface area contributed by atoms with Gasteiger partial charge in [-0.05, 0) is 32.0 Å². The summed E-state index contributed by atoms with van der Waals surface area (Å²) in [4.78, 5) is 12.4. The molecule has 3 heterocycles. The lowest BCUT2D eigenvalue weighted by Gasteiger charge is -2.24. The molecule has 0 bridgehead atoms. The molecule has 0 saturated heterocycles. The van der Waals surface area contributed by atoms with Gasteiger partial charge in [-0.15, -0.1) is 5.10 Å². The molecule has 9 heteroatoms. The smallest absolute Gasteiger partial charge is 0.322 e. The van der Waals surface area contributed by atoms with Crippen LogP contribution in [0, 0.1) is 0 Å². The summed E-state index contributed by atoms with van der Waals surface area (Å²) < 4.78 is 18.5. The second-order valence-electron chi connectivity index (χ2n) is 6.02. The summed E-state index contributed by atoms with van der Waals surface area (Å²) in [6.45, 7) is 4.09. The van der Waals surface area contributed by atoms with Gasteiger partial charge in [0.05, 0.1) is 0 Å². The standard InChI is InChI=1S/C17H17N5O4/c1-10(2)22-11(7-8-18-22)16-20-21-17(26-16)19-15(23)14-9-24-12-5-3-4-6-13(12)25-14/h3-8,10,14H,9H2,1-2H3,(H,19,21,23)/t14-/m0/s1. The zero-order valence-corrected chi connectivity index (χ0v) is 14.2. The second-order valence-corrected chi connectivity index (χ2v) is 6.02. The summed E-state index contributed by atoms with van der Waals surface area (Å²) in [7, 11) is 0. The molecule has 1 aliphatic rings. The van der Waals surface area contributed by atoms with E-state index in [0.29, 0.717) is 17.2 Å². The van der Waals surface area contributed by atoms with Gasteiger partial charge in [0.2, 0.25) is 6.10 Å². The number of ether oxygens (including phenoxy) is 2. The number of benzene rings is 1. The Balaban J connectivity index is 1.46. The first-order chi connectivity index (χ1) is 12.6. The van der Waals surface area contributed by atoms with Crippen molar-refractivity contribution in [2.24, 2.45) is 0 Å². The van der Waals surface area contributed by atoms with E-state index >= 15 is 0 Å². The van der Waals surface area contributed by atoms with Gasteiger partial charge in [0, 0.05) is 12.2 Å². The average molecular weight is 355 g/mol. The van der Waals surface area contributed by atoms with E-state index in [1.54, 1.807) is 29.1 Å². The molecule has 0 radical (unpaired) electrons. The van der Waals surface area contributed by atoms with Gasteiger partial charge in [0.25, 0.3) is 11.8 Å². The molecule has 0 fully saturated rings. The molecule has 1 N–H and O–H groups in total. The number of para-hydroxylation sites is 2. The van der Waals surface area contributed by atoms with Crippen molar-refractivity contribution in [3.05, 3.63) is 36.5 Å². The molecule has 9 nitrogen and oxygen atoms in total. The molecular formula is C17H17N5O4. The van der Waals surface area contributed by atoms with Gasteiger partial charge in [0.15, 0.2) is 11.5 Å². The summed E-state index contributed by atoms with van der Waals surface area (Å²) in [5.41, 5.74) is 0.680. The Bertz CT molecular complexity index is 933. The van der Waals surface area contributed by atoms with E-state index in [1.807, 2.05) is 26.0 Å². The second kappa shape index (κ2) is 6.51. The Kier molecular flexibility index (Phi) is 4.04. The lowest BCUT2D eigenvalue weighted by Crippen LogP contribution is -2.40. The lowest BCUT2D eigenvalue weighted by molar-refractivity contribution is -0.125. The van der Waals surface area contributed by atoms with Crippen LogP contribution >= 0.6 is 0 Å². The number of nitrogens with zero attached hydrogens (tertiary/aromatic N) is 4. The summed E-state index contributed by atoms with van der Waals surface area (Å²) in [5.74, 6) is 0.981. The predicted octanol–water partition coefficient (Wildman–Crippen LogP) is 2.29. The fourth-order valence-electron chi connectivity index (χ4n) is 2.61. The summed E-state index contributed by atoms with van der Waals surface area (Å²) >= 11 is 0. The van der Waals surface area contributed by atoms with Crippen LogP contribution in [-0.2, 0) is 4.79 Å². The Labute approximate surface area is 148 Å². The number of hydrogen-bond acceptors (Lipinski definition) is 7. The van der Waals surface area contributed by atoms with Crippen LogP contribution in [0.4, 0.5) is 6.01 Å². The SMILES string of the molecule is CC(C)n1nccc1-c1nnc(NC(=O)[C@@H]2COc3ccccc3O2)o1. The van der Waals surface area contributed by atoms with Crippen LogP contribution in [-0.4, -0.2) is 38.6 Å². The van der Waals surface area contributed by atoms with E-state index in [9.17, 15) is 4.79 Å². The fraction of sp³-hybridized carbons (Fsp3) is 0.294. The van der Waals surface area contributed by atoms with Crippen molar-refractivity contribution in [2.45, 2.75) is 26.0 Å². The number of carbonyl (C=O) groups is 1. The van der Waals surface area contributed by atoms with Crippen LogP contribution in [0.5, 0.6) is 11.5 Å². The van der Waals surface area contributed by atoms with Gasteiger partial charge < -0.3 is 13.9 Å². The molecule has 2 aromatic heterocycles. The first-order valence-electron chi connectivity index (χ1n) is 8.18. The first kappa shape index (κ1) is 16.1. The number of rotatable bonds is 4. The van der Waals surface area contributed by atoms with Gasteiger partial charge in [-0.3, -0.25) is 14.8 Å². The number of anilines is 1. The molecule has 0 saturated carbocycles. The molecule has 1 aromatic carbocycles. The zero-order valence-electron chi connectivity index (χ0n) is 14.2. The number of aromatic nitrogens is 4. The third kappa shape index (κ3) is 2.99. The van der Waals surface area contributed by atoms with Crippen molar-refractivity contribution in [3.63, 3.8) is 0 Å². The maximum Gasteiger partial charge on any atom is 0.322 e. The molecule has 134 valence electrons. The Morgan fingerprint density at radius 2 is 2.04 bits per heavy atom. The molecule has 4 rings (SSSR count). The van der Waals surface area contributed by atoms with E-state index < -0.39 is 12.0 Å². The third-order valence-corrected chi connectivity index (χ3v) is 3.83. The molecule has 1 amide bonds. The first-order valence-corrected chi connectivity index (χ1v) is 8.18. The number of carbonyl (C=O) groups excluding carboxylic acids is 1. The number of fused-ring (bicyclic) bond motifs is 1. The lowest BCUT2D eigenvalue weighted by atomic mass is 10.2. The molecule has 3 aromatic rings. The van der Waals surface area contributed by atoms with Gasteiger partial charge >= 0.3 is 6.01 Å². The molecular weight excluding hydrogens is 338 g/mol. The molecule has 0 spiro atoms. The zero-order chi connectivity index (χ0) is 18.1. The Morgan fingerprint density at radius 3 is 2.85 bits per heavy atom. The van der Waals surface area contributed by atoms with Gasteiger partial charge in [0.1, 0.15) is 12.3 Å². The van der Waals surface area contributed by atoms with E-state index in [-0.39, 0.29) is 24.6 Å². The van der Waals surface area contributed by atoms with Gasteiger partial charge in [-0.1, -0.05) is 17.2 Å². The van der Waals surface area contributed by atoms with E-state index in [4.69, 9.17) is 13.9 Å². The third-order valence-electron chi connectivity index (χ3n) is 3.83. The highest BCUT2D eigenvalue weighted by Crippen LogP contribution is 2.31. The summed E-state index contributed by atoms with van der Waals surface area (Å²) in [5, 5.41) is 14.6. The minimum Gasteiger partial charge on any atom is -0.485 e.